The smallest absolute Gasteiger partial charge is 0.335 e. The molecule has 1 fully saturated rings. The number of carbonyl (C=O) groups excluding carboxylic acids is 1. The van der Waals surface area contributed by atoms with E-state index in [-0.39, 0.29) is 29.0 Å². The summed E-state index contributed by atoms with van der Waals surface area (Å²) in [6.07, 6.45) is 3.41. The molecule has 0 spiro atoms. The van der Waals surface area contributed by atoms with Crippen LogP contribution in [0.4, 0.5) is 0 Å². The van der Waals surface area contributed by atoms with Crippen LogP contribution in [-0.4, -0.2) is 65.0 Å². The lowest BCUT2D eigenvalue weighted by Gasteiger charge is -2.38. The number of carboxylic acid groups (broad SMARTS) is 1. The molecule has 1 aliphatic rings. The van der Waals surface area contributed by atoms with Gasteiger partial charge in [0.05, 0.1) is 29.6 Å². The number of amides is 1. The molecule has 2 N–H and O–H groups in total. The van der Waals surface area contributed by atoms with Crippen molar-refractivity contribution in [3.05, 3.63) is 88.6 Å². The Morgan fingerprint density at radius 1 is 1.00 bits per heavy atom. The van der Waals surface area contributed by atoms with Crippen LogP contribution in [0.1, 0.15) is 33.6 Å². The molecule has 2 aromatic carbocycles. The zero-order valence-electron chi connectivity index (χ0n) is 18.7. The average molecular weight is 473 g/mol. The van der Waals surface area contributed by atoms with Crippen LogP contribution < -0.4 is 5.56 Å². The van der Waals surface area contributed by atoms with Crippen LogP contribution in [0.15, 0.2) is 71.9 Å². The topological polar surface area (TPSA) is 131 Å². The molecule has 0 bridgehead atoms. The molecule has 0 aliphatic carbocycles. The summed E-state index contributed by atoms with van der Waals surface area (Å²) in [5, 5.41) is 24.9. The Morgan fingerprint density at radius 3 is 2.43 bits per heavy atom. The third kappa shape index (κ3) is 4.31. The number of likely N-dealkylation sites (tertiary alicyclic amines) is 1. The normalized spacial score (nSPS) is 15.3. The van der Waals surface area contributed by atoms with Gasteiger partial charge in [0.25, 0.3) is 11.5 Å². The fraction of sp³-hybridized carbons (Fsp3) is 0.240. The number of benzene rings is 2. The average Bonchev–Trinajstić information content (AvgIpc) is 3.31. The highest BCUT2D eigenvalue weighted by Crippen LogP contribution is 2.25. The number of piperidine rings is 1. The summed E-state index contributed by atoms with van der Waals surface area (Å²) in [4.78, 5) is 43.2. The molecular formula is C25H23N5O5. The van der Waals surface area contributed by atoms with Crippen molar-refractivity contribution in [2.45, 2.75) is 25.0 Å². The molecule has 0 saturated carbocycles. The van der Waals surface area contributed by atoms with E-state index < -0.39 is 11.6 Å². The Labute approximate surface area is 199 Å². The second-order valence-corrected chi connectivity index (χ2v) is 8.71. The first-order valence-corrected chi connectivity index (χ1v) is 11.2. The fourth-order valence-corrected chi connectivity index (χ4v) is 4.39. The van der Waals surface area contributed by atoms with Gasteiger partial charge in [0.15, 0.2) is 5.65 Å². The highest BCUT2D eigenvalue weighted by molar-refractivity contribution is 5.94. The van der Waals surface area contributed by atoms with E-state index in [2.05, 4.69) is 10.1 Å². The summed E-state index contributed by atoms with van der Waals surface area (Å²) < 4.78 is 2.77. The summed E-state index contributed by atoms with van der Waals surface area (Å²) in [6, 6.07) is 15.2. The number of carboxylic acids is 1. The molecule has 35 heavy (non-hydrogen) atoms. The van der Waals surface area contributed by atoms with Crippen LogP contribution in [0, 0.1) is 0 Å². The number of nitrogens with zero attached hydrogens (tertiary/aromatic N) is 5. The highest BCUT2D eigenvalue weighted by atomic mass is 16.4. The number of carbonyl (C=O) groups is 2. The van der Waals surface area contributed by atoms with Crippen molar-refractivity contribution in [1.29, 1.82) is 0 Å². The quantitative estimate of drug-likeness (QED) is 0.453. The van der Waals surface area contributed by atoms with E-state index in [4.69, 9.17) is 0 Å². The summed E-state index contributed by atoms with van der Waals surface area (Å²) >= 11 is 0. The van der Waals surface area contributed by atoms with E-state index in [1.807, 2.05) is 18.2 Å². The fourth-order valence-electron chi connectivity index (χ4n) is 4.39. The summed E-state index contributed by atoms with van der Waals surface area (Å²) in [5.41, 5.74) is -0.0404. The molecule has 5 rings (SSSR count). The maximum absolute atomic E-state index is 13.1. The lowest BCUT2D eigenvalue weighted by Crippen LogP contribution is -2.49. The predicted octanol–water partition coefficient (Wildman–Crippen LogP) is 1.95. The van der Waals surface area contributed by atoms with E-state index in [1.165, 1.54) is 33.9 Å². The van der Waals surface area contributed by atoms with Crippen molar-refractivity contribution in [3.8, 4) is 5.69 Å². The highest BCUT2D eigenvalue weighted by Gasteiger charge is 2.35. The van der Waals surface area contributed by atoms with Gasteiger partial charge in [-0.1, -0.05) is 24.3 Å². The number of hydrogen-bond donors (Lipinski definition) is 2. The van der Waals surface area contributed by atoms with Crippen molar-refractivity contribution >= 4 is 22.9 Å². The predicted molar refractivity (Wildman–Crippen MR) is 127 cm³/mol. The van der Waals surface area contributed by atoms with Gasteiger partial charge >= 0.3 is 5.97 Å². The van der Waals surface area contributed by atoms with Crippen LogP contribution in [0.25, 0.3) is 16.7 Å². The third-order valence-corrected chi connectivity index (χ3v) is 6.36. The largest absolute Gasteiger partial charge is 0.478 e. The van der Waals surface area contributed by atoms with E-state index in [1.54, 1.807) is 29.2 Å². The van der Waals surface area contributed by atoms with Gasteiger partial charge in [-0.15, -0.1) is 0 Å². The zero-order valence-corrected chi connectivity index (χ0v) is 18.7. The van der Waals surface area contributed by atoms with Gasteiger partial charge in [-0.25, -0.2) is 14.5 Å². The van der Waals surface area contributed by atoms with E-state index >= 15 is 0 Å². The van der Waals surface area contributed by atoms with Crippen LogP contribution in [-0.2, 0) is 6.54 Å². The minimum absolute atomic E-state index is 0.0435. The molecular weight excluding hydrogens is 450 g/mol. The summed E-state index contributed by atoms with van der Waals surface area (Å²) in [7, 11) is 0. The zero-order chi connectivity index (χ0) is 24.6. The molecule has 0 unspecified atom stereocenters. The van der Waals surface area contributed by atoms with Crippen molar-refractivity contribution in [2.75, 3.05) is 13.1 Å². The first-order valence-electron chi connectivity index (χ1n) is 11.2. The van der Waals surface area contributed by atoms with Crippen LogP contribution in [0.5, 0.6) is 0 Å². The third-order valence-electron chi connectivity index (χ3n) is 6.36. The lowest BCUT2D eigenvalue weighted by atomic mass is 9.91. The SMILES string of the molecule is O=C(O)c1cccc(-n2ncc3c(=O)n(CC4(O)CCN(C(=O)c5ccccc5)CC4)cnc32)c1. The van der Waals surface area contributed by atoms with Gasteiger partial charge in [0.1, 0.15) is 11.7 Å². The number of rotatable bonds is 5. The molecule has 10 nitrogen and oxygen atoms in total. The van der Waals surface area contributed by atoms with Gasteiger partial charge in [-0.05, 0) is 43.2 Å². The van der Waals surface area contributed by atoms with E-state index in [0.29, 0.717) is 42.8 Å². The molecule has 1 aliphatic heterocycles. The molecule has 0 radical (unpaired) electrons. The molecule has 178 valence electrons. The van der Waals surface area contributed by atoms with Gasteiger partial charge in [-0.2, -0.15) is 5.10 Å². The van der Waals surface area contributed by atoms with Crippen LogP contribution in [0.3, 0.4) is 0 Å². The minimum Gasteiger partial charge on any atom is -0.478 e. The number of hydrogen-bond acceptors (Lipinski definition) is 6. The van der Waals surface area contributed by atoms with Gasteiger partial charge < -0.3 is 15.1 Å². The van der Waals surface area contributed by atoms with Gasteiger partial charge in [0.2, 0.25) is 0 Å². The standard InChI is InChI=1S/C25H23N5O5/c31-22(17-5-2-1-3-6-17)28-11-9-25(35,10-12-28)15-29-16-26-21-20(23(29)32)14-27-30(21)19-8-4-7-18(13-19)24(33)34/h1-8,13-14,16,35H,9-12,15H2,(H,33,34). The van der Waals surface area contributed by atoms with Crippen LogP contribution >= 0.6 is 0 Å². The van der Waals surface area contributed by atoms with Crippen molar-refractivity contribution in [3.63, 3.8) is 0 Å². The molecule has 3 heterocycles. The molecule has 10 heteroatoms. The monoisotopic (exact) mass is 473 g/mol. The second-order valence-electron chi connectivity index (χ2n) is 8.71. The molecule has 0 atom stereocenters. The first kappa shape index (κ1) is 22.5. The first-order chi connectivity index (χ1) is 16.8. The van der Waals surface area contributed by atoms with Crippen LogP contribution in [0.2, 0.25) is 0 Å². The maximum Gasteiger partial charge on any atom is 0.335 e. The summed E-state index contributed by atoms with van der Waals surface area (Å²) in [5.74, 6) is -1.14. The van der Waals surface area contributed by atoms with E-state index in [0.717, 1.165) is 0 Å². The molecule has 1 amide bonds. The Bertz CT molecular complexity index is 1470. The molecule has 2 aromatic heterocycles. The Hall–Kier alpha value is -4.31. The van der Waals surface area contributed by atoms with Gasteiger partial charge in [-0.3, -0.25) is 14.2 Å². The maximum atomic E-state index is 13.1. The van der Waals surface area contributed by atoms with E-state index in [9.17, 15) is 24.6 Å². The van der Waals surface area contributed by atoms with Crippen molar-refractivity contribution in [1.82, 2.24) is 24.2 Å². The van der Waals surface area contributed by atoms with Crippen molar-refractivity contribution in [2.24, 2.45) is 0 Å². The van der Waals surface area contributed by atoms with Crippen molar-refractivity contribution < 1.29 is 19.8 Å². The molecule has 1 saturated heterocycles. The Kier molecular flexibility index (Phi) is 5.65. The Balaban J connectivity index is 1.34. The summed E-state index contributed by atoms with van der Waals surface area (Å²) in [6.45, 7) is 0.806. The number of fused-ring (bicyclic) bond motifs is 1. The lowest BCUT2D eigenvalue weighted by molar-refractivity contribution is -0.0299. The second kappa shape index (κ2) is 8.80. The minimum atomic E-state index is -1.15. The van der Waals surface area contributed by atoms with Gasteiger partial charge in [0, 0.05) is 18.7 Å². The molecule has 4 aromatic rings. The number of aromatic carboxylic acids is 1. The number of aromatic nitrogens is 4. The number of aliphatic hydroxyl groups is 1. The Morgan fingerprint density at radius 2 is 1.71 bits per heavy atom.